The molecule has 2 aromatic rings. The summed E-state index contributed by atoms with van der Waals surface area (Å²) in [4.78, 5) is 14.9. The lowest BCUT2D eigenvalue weighted by molar-refractivity contribution is -0.132. The zero-order valence-corrected chi connectivity index (χ0v) is 16.2. The van der Waals surface area contributed by atoms with Crippen molar-refractivity contribution in [2.45, 2.75) is 31.7 Å². The van der Waals surface area contributed by atoms with Gasteiger partial charge in [-0.1, -0.05) is 12.1 Å². The van der Waals surface area contributed by atoms with Crippen molar-refractivity contribution < 1.29 is 19.0 Å². The maximum Gasteiger partial charge on any atom is 0.223 e. The first-order valence-electron chi connectivity index (χ1n) is 9.30. The Hall–Kier alpha value is -2.69. The minimum absolute atomic E-state index is 0.156. The Labute approximate surface area is 160 Å². The molecule has 1 atom stereocenters. The summed E-state index contributed by atoms with van der Waals surface area (Å²) >= 11 is 0. The number of methoxy groups -OCH3 is 3. The molecule has 0 aliphatic carbocycles. The topological polar surface area (TPSA) is 48.0 Å². The molecule has 1 amide bonds. The van der Waals surface area contributed by atoms with E-state index in [2.05, 4.69) is 12.1 Å². The number of benzene rings is 2. The van der Waals surface area contributed by atoms with Crippen LogP contribution >= 0.6 is 0 Å². The van der Waals surface area contributed by atoms with Crippen LogP contribution in [0.25, 0.3) is 0 Å². The van der Waals surface area contributed by atoms with Crippen molar-refractivity contribution in [2.75, 3.05) is 27.9 Å². The van der Waals surface area contributed by atoms with E-state index in [4.69, 9.17) is 14.2 Å². The van der Waals surface area contributed by atoms with Crippen molar-refractivity contribution >= 4 is 5.91 Å². The summed E-state index contributed by atoms with van der Waals surface area (Å²) < 4.78 is 15.9. The molecule has 1 aliphatic heterocycles. The van der Waals surface area contributed by atoms with Gasteiger partial charge < -0.3 is 19.1 Å². The number of carbonyl (C=O) groups excluding carboxylic acids is 1. The molecule has 5 nitrogen and oxygen atoms in total. The predicted molar refractivity (Wildman–Crippen MR) is 105 cm³/mol. The number of carbonyl (C=O) groups is 1. The molecule has 1 unspecified atom stereocenters. The molecule has 0 spiro atoms. The standard InChI is InChI=1S/C22H27NO4/c1-25-18-9-7-17(8-10-18)21-5-4-12-23(21)22(24)11-6-16-13-19(26-2)15-20(14-16)27-3/h7-10,13-15,21H,4-6,11-12H2,1-3H3. The smallest absolute Gasteiger partial charge is 0.223 e. The molecule has 2 aromatic carbocycles. The van der Waals surface area contributed by atoms with Crippen LogP contribution < -0.4 is 14.2 Å². The molecule has 1 aliphatic rings. The van der Waals surface area contributed by atoms with Crippen LogP contribution in [-0.4, -0.2) is 38.7 Å². The van der Waals surface area contributed by atoms with Crippen molar-refractivity contribution in [3.8, 4) is 17.2 Å². The van der Waals surface area contributed by atoms with E-state index in [9.17, 15) is 4.79 Å². The summed E-state index contributed by atoms with van der Waals surface area (Å²) in [5.41, 5.74) is 2.21. The van der Waals surface area contributed by atoms with E-state index in [0.717, 1.165) is 42.2 Å². The van der Waals surface area contributed by atoms with Gasteiger partial charge >= 0.3 is 0 Å². The number of likely N-dealkylation sites (tertiary alicyclic amines) is 1. The van der Waals surface area contributed by atoms with Crippen LogP contribution in [0.3, 0.4) is 0 Å². The fourth-order valence-corrected chi connectivity index (χ4v) is 3.64. The van der Waals surface area contributed by atoms with Gasteiger partial charge in [-0.15, -0.1) is 0 Å². The van der Waals surface area contributed by atoms with Gasteiger partial charge in [0.25, 0.3) is 0 Å². The van der Waals surface area contributed by atoms with Crippen LogP contribution in [0, 0.1) is 0 Å². The Bertz CT molecular complexity index is 750. The van der Waals surface area contributed by atoms with Gasteiger partial charge in [0.15, 0.2) is 0 Å². The summed E-state index contributed by atoms with van der Waals surface area (Å²) in [6.45, 7) is 0.816. The molecule has 0 aromatic heterocycles. The maximum absolute atomic E-state index is 12.9. The lowest BCUT2D eigenvalue weighted by Gasteiger charge is -2.25. The van der Waals surface area contributed by atoms with Crippen LogP contribution in [0.2, 0.25) is 0 Å². The SMILES string of the molecule is COc1ccc(C2CCCN2C(=O)CCc2cc(OC)cc(OC)c2)cc1. The average molecular weight is 369 g/mol. The Kier molecular flexibility index (Phi) is 6.22. The third kappa shape index (κ3) is 4.54. The fraction of sp³-hybridized carbons (Fsp3) is 0.409. The largest absolute Gasteiger partial charge is 0.497 e. The highest BCUT2D eigenvalue weighted by molar-refractivity contribution is 5.77. The van der Waals surface area contributed by atoms with Crippen molar-refractivity contribution in [1.29, 1.82) is 0 Å². The van der Waals surface area contributed by atoms with E-state index in [1.54, 1.807) is 21.3 Å². The lowest BCUT2D eigenvalue weighted by atomic mass is 10.0. The third-order valence-electron chi connectivity index (χ3n) is 5.11. The summed E-state index contributed by atoms with van der Waals surface area (Å²) in [6.07, 6.45) is 3.18. The zero-order valence-electron chi connectivity index (χ0n) is 16.2. The highest BCUT2D eigenvalue weighted by atomic mass is 16.5. The summed E-state index contributed by atoms with van der Waals surface area (Å²) in [5.74, 6) is 2.51. The van der Waals surface area contributed by atoms with Gasteiger partial charge in [-0.2, -0.15) is 0 Å². The minimum atomic E-state index is 0.156. The van der Waals surface area contributed by atoms with E-state index in [0.29, 0.717) is 12.8 Å². The third-order valence-corrected chi connectivity index (χ3v) is 5.11. The van der Waals surface area contributed by atoms with Gasteiger partial charge in [-0.05, 0) is 54.7 Å². The average Bonchev–Trinajstić information content (AvgIpc) is 3.21. The van der Waals surface area contributed by atoms with E-state index >= 15 is 0 Å². The lowest BCUT2D eigenvalue weighted by Crippen LogP contribution is -2.30. The van der Waals surface area contributed by atoms with Gasteiger partial charge in [-0.3, -0.25) is 4.79 Å². The highest BCUT2D eigenvalue weighted by Gasteiger charge is 2.29. The minimum Gasteiger partial charge on any atom is -0.497 e. The second-order valence-corrected chi connectivity index (χ2v) is 6.74. The predicted octanol–water partition coefficient (Wildman–Crippen LogP) is 4.01. The molecular weight excluding hydrogens is 342 g/mol. The molecule has 0 saturated carbocycles. The number of nitrogens with zero attached hydrogens (tertiary/aromatic N) is 1. The second-order valence-electron chi connectivity index (χ2n) is 6.74. The van der Waals surface area contributed by atoms with Crippen molar-refractivity contribution in [3.63, 3.8) is 0 Å². The number of ether oxygens (including phenoxy) is 3. The molecule has 1 fully saturated rings. The number of rotatable bonds is 7. The number of aryl methyl sites for hydroxylation is 1. The highest BCUT2D eigenvalue weighted by Crippen LogP contribution is 2.33. The monoisotopic (exact) mass is 369 g/mol. The summed E-state index contributed by atoms with van der Waals surface area (Å²) in [7, 11) is 4.93. The molecule has 1 heterocycles. The van der Waals surface area contributed by atoms with Crippen LogP contribution in [-0.2, 0) is 11.2 Å². The molecule has 5 heteroatoms. The second kappa shape index (κ2) is 8.80. The van der Waals surface area contributed by atoms with Gasteiger partial charge in [0, 0.05) is 19.0 Å². The Morgan fingerprint density at radius 3 is 2.19 bits per heavy atom. The van der Waals surface area contributed by atoms with Gasteiger partial charge in [-0.25, -0.2) is 0 Å². The quantitative estimate of drug-likeness (QED) is 0.740. The first-order chi connectivity index (χ1) is 13.1. The first-order valence-corrected chi connectivity index (χ1v) is 9.30. The van der Waals surface area contributed by atoms with E-state index < -0.39 is 0 Å². The van der Waals surface area contributed by atoms with Crippen LogP contribution in [0.5, 0.6) is 17.2 Å². The Morgan fingerprint density at radius 2 is 1.59 bits per heavy atom. The van der Waals surface area contributed by atoms with E-state index in [1.807, 2.05) is 35.2 Å². The zero-order chi connectivity index (χ0) is 19.2. The normalized spacial score (nSPS) is 16.3. The molecule has 0 N–H and O–H groups in total. The molecule has 1 saturated heterocycles. The molecule has 27 heavy (non-hydrogen) atoms. The van der Waals surface area contributed by atoms with Gasteiger partial charge in [0.05, 0.1) is 27.4 Å². The van der Waals surface area contributed by atoms with Crippen LogP contribution in [0.1, 0.15) is 36.4 Å². The molecule has 144 valence electrons. The number of amides is 1. The van der Waals surface area contributed by atoms with Crippen molar-refractivity contribution in [1.82, 2.24) is 4.90 Å². The van der Waals surface area contributed by atoms with E-state index in [-0.39, 0.29) is 11.9 Å². The Morgan fingerprint density at radius 1 is 0.963 bits per heavy atom. The summed E-state index contributed by atoms with van der Waals surface area (Å²) in [5, 5.41) is 0. The van der Waals surface area contributed by atoms with Gasteiger partial charge in [0.2, 0.25) is 5.91 Å². The van der Waals surface area contributed by atoms with Crippen molar-refractivity contribution in [3.05, 3.63) is 53.6 Å². The molecule has 3 rings (SSSR count). The maximum atomic E-state index is 12.9. The van der Waals surface area contributed by atoms with Crippen LogP contribution in [0.15, 0.2) is 42.5 Å². The first kappa shape index (κ1) is 19.1. The summed E-state index contributed by atoms with van der Waals surface area (Å²) in [6, 6.07) is 13.9. The van der Waals surface area contributed by atoms with Crippen LogP contribution in [0.4, 0.5) is 0 Å². The van der Waals surface area contributed by atoms with Gasteiger partial charge in [0.1, 0.15) is 17.2 Å². The van der Waals surface area contributed by atoms with Crippen molar-refractivity contribution in [2.24, 2.45) is 0 Å². The Balaban J connectivity index is 1.66. The molecule has 0 bridgehead atoms. The fourth-order valence-electron chi connectivity index (χ4n) is 3.64. The van der Waals surface area contributed by atoms with E-state index in [1.165, 1.54) is 5.56 Å². The molecular formula is C22H27NO4. The number of hydrogen-bond acceptors (Lipinski definition) is 4. The molecule has 0 radical (unpaired) electrons. The number of hydrogen-bond donors (Lipinski definition) is 0.